The van der Waals surface area contributed by atoms with Gasteiger partial charge in [-0.2, -0.15) is 0 Å². The maximum Gasteiger partial charge on any atom is 0.274 e. The lowest BCUT2D eigenvalue weighted by atomic mass is 10.1. The van der Waals surface area contributed by atoms with Crippen molar-refractivity contribution in [2.45, 2.75) is 34.1 Å². The molecule has 0 radical (unpaired) electrons. The van der Waals surface area contributed by atoms with Crippen molar-refractivity contribution in [1.82, 2.24) is 10.3 Å². The molecule has 2 aromatic rings. The van der Waals surface area contributed by atoms with Gasteiger partial charge in [0.05, 0.1) is 0 Å². The van der Waals surface area contributed by atoms with Crippen LogP contribution in [0, 0.1) is 19.8 Å². The first-order valence-electron chi connectivity index (χ1n) is 8.50. The zero-order valence-corrected chi connectivity index (χ0v) is 15.2. The number of anilines is 1. The first kappa shape index (κ1) is 18.6. The summed E-state index contributed by atoms with van der Waals surface area (Å²) in [5.41, 5.74) is 3.52. The van der Waals surface area contributed by atoms with Crippen LogP contribution in [-0.2, 0) is 0 Å². The zero-order valence-electron chi connectivity index (χ0n) is 15.2. The predicted octanol–water partition coefficient (Wildman–Crippen LogP) is 3.73. The molecule has 1 heterocycles. The van der Waals surface area contributed by atoms with Crippen molar-refractivity contribution in [3.63, 3.8) is 0 Å². The Balaban J connectivity index is 2.08. The van der Waals surface area contributed by atoms with E-state index in [9.17, 15) is 9.59 Å². The number of nitrogens with zero attached hydrogens (tertiary/aromatic N) is 1. The summed E-state index contributed by atoms with van der Waals surface area (Å²) in [6.45, 7) is 8.77. The van der Waals surface area contributed by atoms with Crippen LogP contribution in [0.15, 0.2) is 36.5 Å². The number of hydrogen-bond donors (Lipinski definition) is 2. The molecule has 5 nitrogen and oxygen atoms in total. The van der Waals surface area contributed by atoms with E-state index >= 15 is 0 Å². The van der Waals surface area contributed by atoms with E-state index in [-0.39, 0.29) is 17.5 Å². The summed E-state index contributed by atoms with van der Waals surface area (Å²) in [7, 11) is 0. The summed E-state index contributed by atoms with van der Waals surface area (Å²) in [6, 6.07) is 8.86. The number of nitrogens with one attached hydrogen (secondary N) is 2. The van der Waals surface area contributed by atoms with E-state index in [1.54, 1.807) is 6.07 Å². The predicted molar refractivity (Wildman–Crippen MR) is 99.9 cm³/mol. The molecule has 2 N–H and O–H groups in total. The van der Waals surface area contributed by atoms with E-state index < -0.39 is 0 Å². The van der Waals surface area contributed by atoms with Gasteiger partial charge in [0.15, 0.2) is 0 Å². The summed E-state index contributed by atoms with van der Waals surface area (Å²) in [4.78, 5) is 28.7. The number of amides is 2. The first-order valence-corrected chi connectivity index (χ1v) is 8.50. The Morgan fingerprint density at radius 1 is 1.12 bits per heavy atom. The van der Waals surface area contributed by atoms with Gasteiger partial charge >= 0.3 is 0 Å². The monoisotopic (exact) mass is 339 g/mol. The fourth-order valence-corrected chi connectivity index (χ4v) is 2.35. The van der Waals surface area contributed by atoms with Crippen LogP contribution in [0.25, 0.3) is 0 Å². The number of rotatable bonds is 6. The highest BCUT2D eigenvalue weighted by molar-refractivity contribution is 6.05. The smallest absolute Gasteiger partial charge is 0.274 e. The Hall–Kier alpha value is -2.69. The van der Waals surface area contributed by atoms with Gasteiger partial charge in [-0.05, 0) is 55.5 Å². The van der Waals surface area contributed by atoms with Gasteiger partial charge in [-0.1, -0.05) is 26.0 Å². The molecule has 0 aliphatic carbocycles. The van der Waals surface area contributed by atoms with Gasteiger partial charge in [0.25, 0.3) is 11.8 Å². The molecule has 0 atom stereocenters. The van der Waals surface area contributed by atoms with Gasteiger partial charge in [-0.15, -0.1) is 0 Å². The van der Waals surface area contributed by atoms with Crippen molar-refractivity contribution < 1.29 is 9.59 Å². The highest BCUT2D eigenvalue weighted by Crippen LogP contribution is 2.18. The molecule has 0 bridgehead atoms. The van der Waals surface area contributed by atoms with Gasteiger partial charge in [0.1, 0.15) is 5.69 Å². The van der Waals surface area contributed by atoms with Crippen molar-refractivity contribution in [2.24, 2.45) is 5.92 Å². The molecule has 0 aliphatic heterocycles. The molecule has 1 aromatic heterocycles. The third-order valence-electron chi connectivity index (χ3n) is 4.11. The number of aryl methyl sites for hydroxylation is 1. The number of carbonyl (C=O) groups excluding carboxylic acids is 2. The van der Waals surface area contributed by atoms with Crippen molar-refractivity contribution in [3.8, 4) is 0 Å². The van der Waals surface area contributed by atoms with E-state index in [0.29, 0.717) is 18.0 Å². The maximum absolute atomic E-state index is 12.5. The molecule has 0 saturated heterocycles. The number of hydrogen-bond acceptors (Lipinski definition) is 3. The van der Waals surface area contributed by atoms with Crippen LogP contribution >= 0.6 is 0 Å². The first-order chi connectivity index (χ1) is 11.9. The summed E-state index contributed by atoms with van der Waals surface area (Å²) in [5, 5.41) is 5.72. The third kappa shape index (κ3) is 5.14. The minimum atomic E-state index is -0.328. The topological polar surface area (TPSA) is 71.1 Å². The fourth-order valence-electron chi connectivity index (χ4n) is 2.35. The Morgan fingerprint density at radius 3 is 2.60 bits per heavy atom. The largest absolute Gasteiger partial charge is 0.352 e. The molecule has 1 aromatic carbocycles. The molecule has 0 spiro atoms. The molecule has 0 saturated carbocycles. The Bertz CT molecular complexity index is 769. The lowest BCUT2D eigenvalue weighted by Crippen LogP contribution is -2.26. The molecule has 132 valence electrons. The normalized spacial score (nSPS) is 10.6. The number of carbonyl (C=O) groups is 2. The summed E-state index contributed by atoms with van der Waals surface area (Å²) in [5.74, 6) is 0.00557. The second-order valence-corrected chi connectivity index (χ2v) is 6.57. The van der Waals surface area contributed by atoms with Crippen molar-refractivity contribution in [1.29, 1.82) is 0 Å². The summed E-state index contributed by atoms with van der Waals surface area (Å²) >= 11 is 0. The lowest BCUT2D eigenvalue weighted by molar-refractivity contribution is 0.0952. The van der Waals surface area contributed by atoms with E-state index in [1.807, 2.05) is 32.0 Å². The Labute approximate surface area is 148 Å². The van der Waals surface area contributed by atoms with Crippen molar-refractivity contribution >= 4 is 17.5 Å². The quantitative estimate of drug-likeness (QED) is 0.842. The SMILES string of the molecule is Cc1cccc(NC(=O)c2cc(C(=O)NCCC(C)C)ccn2)c1C. The van der Waals surface area contributed by atoms with Gasteiger partial charge in [0, 0.05) is 24.0 Å². The second-order valence-electron chi connectivity index (χ2n) is 6.57. The third-order valence-corrected chi connectivity index (χ3v) is 4.11. The average Bonchev–Trinajstić information content (AvgIpc) is 2.58. The second kappa shape index (κ2) is 8.42. The lowest BCUT2D eigenvalue weighted by Gasteiger charge is -2.11. The van der Waals surface area contributed by atoms with Crippen LogP contribution in [0.2, 0.25) is 0 Å². The molecule has 0 aliphatic rings. The van der Waals surface area contributed by atoms with E-state index in [0.717, 1.165) is 23.2 Å². The van der Waals surface area contributed by atoms with Gasteiger partial charge in [0.2, 0.25) is 0 Å². The number of pyridine rings is 1. The Kier molecular flexibility index (Phi) is 6.28. The van der Waals surface area contributed by atoms with Crippen LogP contribution in [0.3, 0.4) is 0 Å². The molecule has 0 unspecified atom stereocenters. The van der Waals surface area contributed by atoms with Crippen LogP contribution in [0.4, 0.5) is 5.69 Å². The van der Waals surface area contributed by atoms with Crippen LogP contribution < -0.4 is 10.6 Å². The molecule has 25 heavy (non-hydrogen) atoms. The molecule has 2 rings (SSSR count). The average molecular weight is 339 g/mol. The Morgan fingerprint density at radius 2 is 1.88 bits per heavy atom. The molecule has 2 amide bonds. The zero-order chi connectivity index (χ0) is 18.4. The fraction of sp³-hybridized carbons (Fsp3) is 0.350. The van der Waals surface area contributed by atoms with Crippen LogP contribution in [-0.4, -0.2) is 23.3 Å². The molecule has 0 fully saturated rings. The van der Waals surface area contributed by atoms with Gasteiger partial charge in [-0.25, -0.2) is 0 Å². The molecular formula is C20H25N3O2. The summed E-state index contributed by atoms with van der Waals surface area (Å²) < 4.78 is 0. The molecule has 5 heteroatoms. The molecular weight excluding hydrogens is 314 g/mol. The number of benzene rings is 1. The standard InChI is InChI=1S/C20H25N3O2/c1-13(2)8-10-22-19(24)16-9-11-21-18(12-16)20(25)23-17-7-5-6-14(3)15(17)4/h5-7,9,11-13H,8,10H2,1-4H3,(H,22,24)(H,23,25). The number of aromatic nitrogens is 1. The van der Waals surface area contributed by atoms with Gasteiger partial charge in [-0.3, -0.25) is 14.6 Å². The highest BCUT2D eigenvalue weighted by atomic mass is 16.2. The van der Waals surface area contributed by atoms with E-state index in [2.05, 4.69) is 29.5 Å². The minimum Gasteiger partial charge on any atom is -0.352 e. The highest BCUT2D eigenvalue weighted by Gasteiger charge is 2.13. The van der Waals surface area contributed by atoms with Crippen LogP contribution in [0.1, 0.15) is 52.2 Å². The summed E-state index contributed by atoms with van der Waals surface area (Å²) in [6.07, 6.45) is 2.40. The minimum absolute atomic E-state index is 0.191. The maximum atomic E-state index is 12.5. The van der Waals surface area contributed by atoms with Crippen molar-refractivity contribution in [3.05, 3.63) is 58.9 Å². The van der Waals surface area contributed by atoms with Gasteiger partial charge < -0.3 is 10.6 Å². The van der Waals surface area contributed by atoms with Crippen molar-refractivity contribution in [2.75, 3.05) is 11.9 Å². The van der Waals surface area contributed by atoms with E-state index in [1.165, 1.54) is 12.3 Å². The van der Waals surface area contributed by atoms with Crippen LogP contribution in [0.5, 0.6) is 0 Å². The van der Waals surface area contributed by atoms with E-state index in [4.69, 9.17) is 0 Å².